The number of hydrogen-bond acceptors (Lipinski definition) is 43. The molecule has 0 bridgehead atoms. The lowest BCUT2D eigenvalue weighted by molar-refractivity contribution is -0.363. The maximum absolute atomic E-state index is 13.7. The van der Waals surface area contributed by atoms with Gasteiger partial charge in [-0.25, -0.2) is 19.2 Å². The van der Waals surface area contributed by atoms with Crippen LogP contribution in [0.5, 0.6) is 0 Å². The summed E-state index contributed by atoms with van der Waals surface area (Å²) in [4.78, 5) is 117. The zero-order valence-corrected chi connectivity index (χ0v) is 57.5. The smallest absolute Gasteiger partial charge is 0.364 e. The highest BCUT2D eigenvalue weighted by molar-refractivity contribution is 5.81. The number of carboxylic acid groups (broad SMARTS) is 4. The quantitative estimate of drug-likeness (QED) is 0.0275. The van der Waals surface area contributed by atoms with Gasteiger partial charge in [0.15, 0.2) is 12.6 Å². The summed E-state index contributed by atoms with van der Waals surface area (Å²) >= 11 is 0. The zero-order chi connectivity index (χ0) is 82.7. The number of aliphatic carboxylic acids is 4. The molecule has 52 nitrogen and oxygen atoms in total. The molecule has 52 heteroatoms. The molecule has 32 N–H and O–H groups in total. The van der Waals surface area contributed by atoms with Crippen LogP contribution in [0.25, 0.3) is 0 Å². The molecule has 6 fully saturated rings. The fourth-order valence-electron chi connectivity index (χ4n) is 13.2. The van der Waals surface area contributed by atoms with Gasteiger partial charge in [0, 0.05) is 32.6 Å². The van der Waals surface area contributed by atoms with Crippen LogP contribution in [0.15, 0.2) is 0 Å². The van der Waals surface area contributed by atoms with E-state index < -0.39 is 351 Å². The molecule has 0 radical (unpaired) electrons. The van der Waals surface area contributed by atoms with E-state index in [1.165, 1.54) is 0 Å². The number of rotatable bonds is 37. The normalized spacial score (nSPS) is 39.1. The van der Waals surface area contributed by atoms with Gasteiger partial charge in [0.1, 0.15) is 148 Å². The molecule has 6 aliphatic heterocycles. The Morgan fingerprint density at radius 1 is 0.400 bits per heavy atom. The van der Waals surface area contributed by atoms with Gasteiger partial charge in [0.25, 0.3) is 23.1 Å². The van der Waals surface area contributed by atoms with Gasteiger partial charge >= 0.3 is 23.9 Å². The van der Waals surface area contributed by atoms with Crippen molar-refractivity contribution >= 4 is 53.4 Å². The predicted molar refractivity (Wildman–Crippen MR) is 332 cm³/mol. The SMILES string of the molecule is CC(=O)N[C@@H]1[C@@H](O[C@@H]2O[C@H](CO)[C@H](O)[C@H](O)[C@H]2O)[C@@H](O)[C@@H](CO[C@]2(C(=O)O)C[C@H](O)[C@@H](NC(=O)CO)[C@H]([C@H](O)[C@@H](CO)O[C@]3(C(=O)O)C[C@H](O)[C@@H](NC(=O)CO)[C@H]([C@H](O)[C@@H](CO)O[C@]4(C(=O)O)C[C@H](O)[C@@H](NC(=O)CO)[C@H]([C@H](O)[C@@H](CO)O[C@]5(C(=O)O)C[C@H](O)[C@@H](NC(=O)CO)[C@H]([C@H](O)[C@H](O)CO)O5)O4)O3)O2)O[C@@H]1O. The number of aliphatic hydroxyl groups excluding tert-OH is 23. The Hall–Kier alpha value is -6.13. The first-order valence-corrected chi connectivity index (χ1v) is 33.3. The Bertz CT molecular complexity index is 3120. The van der Waals surface area contributed by atoms with Gasteiger partial charge in [-0.15, -0.1) is 0 Å². The average molecular weight is 1610 g/mol. The van der Waals surface area contributed by atoms with Gasteiger partial charge in [0.2, 0.25) is 29.5 Å². The molecule has 110 heavy (non-hydrogen) atoms. The molecule has 0 aromatic carbocycles. The largest absolute Gasteiger partial charge is 0.477 e. The molecule has 6 rings (SSSR count). The summed E-state index contributed by atoms with van der Waals surface area (Å²) in [5.41, 5.74) is 0. The molecular formula is C58H93N5O47. The maximum Gasteiger partial charge on any atom is 0.364 e. The summed E-state index contributed by atoms with van der Waals surface area (Å²) in [6, 6.07) is -10.8. The van der Waals surface area contributed by atoms with Gasteiger partial charge < -0.3 is 217 Å². The minimum absolute atomic E-state index is 0.915. The number of carboxylic acids is 4. The second kappa shape index (κ2) is 39.3. The highest BCUT2D eigenvalue weighted by Gasteiger charge is 2.65. The molecule has 6 aliphatic rings. The summed E-state index contributed by atoms with van der Waals surface area (Å²) in [6.07, 6.45) is -67.3. The second-order valence-corrected chi connectivity index (χ2v) is 26.3. The summed E-state index contributed by atoms with van der Waals surface area (Å²) in [5.74, 6) is -30.8. The highest BCUT2D eigenvalue weighted by atomic mass is 16.8. The van der Waals surface area contributed by atoms with E-state index in [1.807, 2.05) is 21.3 Å². The minimum atomic E-state index is -3.79. The van der Waals surface area contributed by atoms with E-state index in [0.717, 1.165) is 6.92 Å². The van der Waals surface area contributed by atoms with Crippen molar-refractivity contribution in [3.8, 4) is 0 Å². The van der Waals surface area contributed by atoms with E-state index >= 15 is 0 Å². The molecule has 0 spiro atoms. The van der Waals surface area contributed by atoms with Crippen LogP contribution >= 0.6 is 0 Å². The molecule has 6 saturated heterocycles. The molecule has 34 atom stereocenters. The monoisotopic (exact) mass is 1610 g/mol. The molecule has 0 aromatic heterocycles. The number of ether oxygens (including phenoxy) is 11. The van der Waals surface area contributed by atoms with Gasteiger partial charge in [-0.1, -0.05) is 0 Å². The number of carbonyl (C=O) groups is 9. The zero-order valence-electron chi connectivity index (χ0n) is 57.5. The second-order valence-electron chi connectivity index (χ2n) is 26.3. The summed E-state index contributed by atoms with van der Waals surface area (Å²) in [5, 5.41) is 303. The molecule has 0 saturated carbocycles. The standard InChI is InChI=1S/C58H93N5O47/c1-16(73)59-35-44(103-50-43(90)42(89)37(84)22(7-65)102-50)41(88)26(101-49(35)91)15-100-55(51(92)93)2-17(74)32(61-28(80)12-70)46(107-55)38(85)23(8-66)105-57(53(96)97)4-19(76)34(63-30(82)14-72)48(109-57)40(87)25(10-68)106-58(54(98)99)5-20(77)33(62-29(81)13-71)47(110-58)39(86)24(9-67)104-56(52(94)95)3-18(75)31(60-27(79)11-69)45(108-56)36(83)21(78)6-64/h17-26,31-50,64-72,74-78,83-91H,2-15H2,1H3,(H,59,73)(H,60,79)(H,61,80)(H,62,81)(H,63,82)(H,92,93)(H,94,95)(H,96,97)(H,98,99)/t17-,18-,19-,20-,21+,22+,23+,24+,25+,26+,31+,32+,33+,34+,35+,36+,37-,38+,39+,40+,41-,42-,43+,44+,45+,46+,47+,48+,49-,50-,55+,56+,57+,58+/m0/s1. The van der Waals surface area contributed by atoms with Crippen molar-refractivity contribution in [3.05, 3.63) is 0 Å². The fraction of sp³-hybridized carbons (Fsp3) is 0.845. The average Bonchev–Trinajstić information content (AvgIpc) is 0.754. The topological polar surface area (TPSA) is 862 Å². The van der Waals surface area contributed by atoms with Crippen LogP contribution in [-0.4, -0.2) is 464 Å². The van der Waals surface area contributed by atoms with Gasteiger partial charge in [-0.2, -0.15) is 0 Å². The van der Waals surface area contributed by atoms with E-state index in [-0.39, 0.29) is 0 Å². The molecule has 5 amide bonds. The maximum atomic E-state index is 13.7. The summed E-state index contributed by atoms with van der Waals surface area (Å²) in [6.45, 7) is -13.8. The number of hydrogen-bond donors (Lipinski definition) is 32. The molecular weight excluding hydrogens is 1520 g/mol. The van der Waals surface area contributed by atoms with Crippen LogP contribution in [0.3, 0.4) is 0 Å². The first-order chi connectivity index (χ1) is 51.5. The van der Waals surface area contributed by atoms with Crippen LogP contribution in [-0.2, 0) is 95.3 Å². The van der Waals surface area contributed by atoms with Gasteiger partial charge in [-0.3, -0.25) is 24.0 Å². The van der Waals surface area contributed by atoms with Crippen molar-refractivity contribution in [2.75, 3.05) is 66.1 Å². The number of aliphatic hydroxyl groups is 23. The Morgan fingerprint density at radius 3 is 1.03 bits per heavy atom. The van der Waals surface area contributed by atoms with Crippen LogP contribution in [0.4, 0.5) is 0 Å². The van der Waals surface area contributed by atoms with Crippen molar-refractivity contribution in [1.29, 1.82) is 0 Å². The van der Waals surface area contributed by atoms with Crippen molar-refractivity contribution in [3.63, 3.8) is 0 Å². The highest BCUT2D eigenvalue weighted by Crippen LogP contribution is 2.43. The Balaban J connectivity index is 1.35. The molecule has 0 unspecified atom stereocenters. The molecule has 6 heterocycles. The third kappa shape index (κ3) is 20.5. The Kier molecular flexibility index (Phi) is 33.1. The first kappa shape index (κ1) is 92.7. The third-order valence-electron chi connectivity index (χ3n) is 18.8. The van der Waals surface area contributed by atoms with E-state index in [0.29, 0.717) is 0 Å². The number of carbonyl (C=O) groups excluding carboxylic acids is 5. The summed E-state index contributed by atoms with van der Waals surface area (Å²) < 4.78 is 61.5. The van der Waals surface area contributed by atoms with Crippen LogP contribution in [0.1, 0.15) is 32.6 Å². The lowest BCUT2D eigenvalue weighted by Crippen LogP contribution is -2.72. The minimum Gasteiger partial charge on any atom is -0.477 e. The first-order valence-electron chi connectivity index (χ1n) is 33.3. The van der Waals surface area contributed by atoms with Crippen molar-refractivity contribution in [2.24, 2.45) is 0 Å². The molecule has 0 aromatic rings. The summed E-state index contributed by atoms with van der Waals surface area (Å²) in [7, 11) is 0. The lowest BCUT2D eigenvalue weighted by atomic mass is 9.86. The van der Waals surface area contributed by atoms with Crippen molar-refractivity contribution < 1.29 is 233 Å². The predicted octanol–water partition coefficient (Wildman–Crippen LogP) is -20.7. The van der Waals surface area contributed by atoms with Crippen molar-refractivity contribution in [1.82, 2.24) is 26.6 Å². The molecule has 0 aliphatic carbocycles. The van der Waals surface area contributed by atoms with Gasteiger partial charge in [0.05, 0.1) is 88.2 Å². The Labute approximate surface area is 616 Å². The lowest BCUT2D eigenvalue weighted by Gasteiger charge is -2.51. The third-order valence-corrected chi connectivity index (χ3v) is 18.8. The van der Waals surface area contributed by atoms with E-state index in [1.54, 1.807) is 0 Å². The number of nitrogens with one attached hydrogen (secondary N) is 5. The van der Waals surface area contributed by atoms with Crippen LogP contribution < -0.4 is 26.6 Å². The van der Waals surface area contributed by atoms with Crippen LogP contribution in [0.2, 0.25) is 0 Å². The fourth-order valence-corrected chi connectivity index (χ4v) is 13.2. The van der Waals surface area contributed by atoms with Crippen molar-refractivity contribution in [2.45, 2.75) is 239 Å². The van der Waals surface area contributed by atoms with E-state index in [9.17, 15) is 181 Å². The Morgan fingerprint density at radius 2 is 0.727 bits per heavy atom. The molecule has 632 valence electrons. The number of amides is 5. The van der Waals surface area contributed by atoms with Crippen LogP contribution in [0, 0.1) is 0 Å². The van der Waals surface area contributed by atoms with E-state index in [4.69, 9.17) is 52.1 Å². The van der Waals surface area contributed by atoms with E-state index in [2.05, 4.69) is 5.32 Å². The van der Waals surface area contributed by atoms with Gasteiger partial charge in [-0.05, 0) is 0 Å².